The van der Waals surface area contributed by atoms with Crippen molar-refractivity contribution in [3.8, 4) is 51.8 Å². The number of nitrogens with one attached hydrogen (secondary N) is 4. The number of carbonyl (C=O) groups excluding carboxylic acids is 4. The molecule has 0 spiro atoms. The second kappa shape index (κ2) is 31.5. The molecule has 0 unspecified atom stereocenters. The van der Waals surface area contributed by atoms with Crippen molar-refractivity contribution in [2.24, 2.45) is 28.2 Å². The maximum Gasteiger partial charge on any atom is 0.274 e. The van der Waals surface area contributed by atoms with Crippen molar-refractivity contribution in [2.75, 3.05) is 28.4 Å². The first-order valence-corrected chi connectivity index (χ1v) is 33.5. The number of nitrogens with zero attached hydrogens (tertiary/aromatic N) is 20. The van der Waals surface area contributed by atoms with Gasteiger partial charge < -0.3 is 23.0 Å². The smallest absolute Gasteiger partial charge is 0.274 e. The number of aryl methyl sites for hydroxylation is 9. The van der Waals surface area contributed by atoms with Crippen LogP contribution in [0, 0.1) is 40.4 Å². The molecule has 4 aromatic carbocycles. The van der Waals surface area contributed by atoms with E-state index in [1.807, 2.05) is 163 Å². The molecule has 0 fully saturated rings. The Morgan fingerprint density at radius 1 is 0.324 bits per heavy atom. The van der Waals surface area contributed by atoms with Crippen LogP contribution < -0.4 is 26.0 Å². The summed E-state index contributed by atoms with van der Waals surface area (Å²) < 4.78 is 25.9. The van der Waals surface area contributed by atoms with E-state index in [9.17, 15) is 23.6 Å². The molecule has 0 aliphatic heterocycles. The number of aromatic nitrogens is 20. The molecule has 0 atom stereocenters. The lowest BCUT2D eigenvalue weighted by Crippen LogP contribution is -2.18. The molecule has 16 aromatic rings. The van der Waals surface area contributed by atoms with Gasteiger partial charge in [0.2, 0.25) is 23.8 Å². The van der Waals surface area contributed by atoms with E-state index in [-0.39, 0.29) is 47.3 Å². The van der Waals surface area contributed by atoms with Crippen LogP contribution in [0.25, 0.3) is 89.7 Å². The zero-order chi connectivity index (χ0) is 75.7. The number of hydrogen-bond acceptors (Lipinski definition) is 21. The molecular formula is C78H67FN24O5. The second-order valence-electron chi connectivity index (χ2n) is 24.4. The predicted octanol–water partition coefficient (Wildman–Crippen LogP) is 12.4. The molecule has 0 aliphatic rings. The number of anilines is 4. The largest absolute Gasteiger partial charge is 0.497 e. The Kier molecular flexibility index (Phi) is 20.9. The topological polar surface area (TPSA) is 352 Å². The number of benzene rings is 4. The van der Waals surface area contributed by atoms with Gasteiger partial charge in [0.1, 0.15) is 80.4 Å². The fraction of sp³-hybridized carbons (Fsp3) is 0.128. The number of fused-ring (bicyclic) bond motifs is 4. The summed E-state index contributed by atoms with van der Waals surface area (Å²) in [5, 5.41) is 14.5. The lowest BCUT2D eigenvalue weighted by Gasteiger charge is -2.07. The molecule has 4 N–H and O–H groups in total. The van der Waals surface area contributed by atoms with Gasteiger partial charge in [-0.1, -0.05) is 54.1 Å². The van der Waals surface area contributed by atoms with E-state index in [2.05, 4.69) is 107 Å². The first-order valence-electron chi connectivity index (χ1n) is 33.5. The predicted molar refractivity (Wildman–Crippen MR) is 406 cm³/mol. The number of pyridine rings is 4. The van der Waals surface area contributed by atoms with Crippen LogP contribution in [0.5, 0.6) is 5.75 Å². The monoisotopic (exact) mass is 1440 g/mol. The van der Waals surface area contributed by atoms with Crippen LogP contribution in [-0.4, -0.2) is 129 Å². The number of amides is 4. The summed E-state index contributed by atoms with van der Waals surface area (Å²) in [5.41, 5.74) is 9.16. The number of hydrogen-bond donors (Lipinski definition) is 4. The molecule has 12 aromatic heterocycles. The maximum absolute atomic E-state index is 13.4. The van der Waals surface area contributed by atoms with Gasteiger partial charge in [-0.05, 0) is 162 Å². The van der Waals surface area contributed by atoms with Crippen LogP contribution in [0.15, 0.2) is 201 Å². The molecule has 536 valence electrons. The maximum atomic E-state index is 13.4. The Morgan fingerprint density at radius 3 is 0.972 bits per heavy atom. The van der Waals surface area contributed by atoms with Gasteiger partial charge in [-0.2, -0.15) is 39.9 Å². The average Bonchev–Trinajstić information content (AvgIpc) is 1.66. The number of halogens is 1. The van der Waals surface area contributed by atoms with E-state index in [0.717, 1.165) is 49.5 Å². The van der Waals surface area contributed by atoms with Crippen molar-refractivity contribution in [1.82, 2.24) is 98.0 Å². The van der Waals surface area contributed by atoms with Crippen LogP contribution in [0.4, 0.5) is 28.2 Å². The Hall–Kier alpha value is -14.7. The molecule has 30 heteroatoms. The molecule has 0 saturated carbocycles. The van der Waals surface area contributed by atoms with Gasteiger partial charge in [0.15, 0.2) is 23.3 Å². The van der Waals surface area contributed by atoms with Gasteiger partial charge in [-0.15, -0.1) is 0 Å². The van der Waals surface area contributed by atoms with E-state index >= 15 is 0 Å². The Morgan fingerprint density at radius 2 is 0.630 bits per heavy atom. The SMILES string of the molecule is COc1ccc2c(c1)cc(C(=O)Nc1nc(C)nc(-c3ccccn3)n1)n2C.Cc1ccc2c(c1)cc(C(=O)Nc1nc(C)nc(-c3ccccn3)n1)n2C.Cc1nc(NC(=O)c2cc3cc(F)ccc3n2C)nc(-c2ccccn2)n1.Cc1nc(NC(=O)c2cc3ccccc3n2C)nc(-c2ccccn2)n1. The molecule has 0 saturated heterocycles. The van der Waals surface area contributed by atoms with Gasteiger partial charge in [0, 0.05) is 96.6 Å². The first kappa shape index (κ1) is 71.7. The van der Waals surface area contributed by atoms with Gasteiger partial charge in [-0.25, -0.2) is 24.3 Å². The van der Waals surface area contributed by atoms with Gasteiger partial charge in [0.25, 0.3) is 23.6 Å². The van der Waals surface area contributed by atoms with E-state index in [0.29, 0.717) is 97.5 Å². The standard InChI is InChI=1S/C20H18N6O2.C20H18N6O.C19H15FN6O.C19H16N6O/c1-12-22-18(15-6-4-5-9-21-15)24-20(23-12)25-19(27)17-11-13-10-14(28-3)7-8-16(13)26(17)2;1-12-7-8-16-14(10-12)11-17(26(16)3)19(27)25-20-23-13(2)22-18(24-20)15-6-4-5-9-21-15;1-11-22-17(14-5-3-4-8-21-14)24-19(23-11)25-18(27)16-10-12-9-13(20)6-7-15(12)26(16)2;1-12-21-17(14-8-5-6-10-20-14)23-19(22-12)24-18(26)16-11-13-7-3-4-9-15(13)25(16)2/h4-11H,1-3H3,(H,22,23,24,25,27);4-11H,1-3H3,(H,22,23,24,25,27);3-10H,1-2H3,(H,22,23,24,25,27);3-11H,1-2H3,(H,21,22,23,24,26). The number of carbonyl (C=O) groups is 4. The summed E-state index contributed by atoms with van der Waals surface area (Å²) in [6.45, 7) is 8.99. The summed E-state index contributed by atoms with van der Waals surface area (Å²) in [7, 11) is 8.91. The Bertz CT molecular complexity index is 5870. The molecule has 29 nitrogen and oxygen atoms in total. The summed E-state index contributed by atoms with van der Waals surface area (Å²) in [4.78, 5) is 119. The Balaban J connectivity index is 0.000000127. The van der Waals surface area contributed by atoms with Gasteiger partial charge in [-0.3, -0.25) is 60.4 Å². The van der Waals surface area contributed by atoms with Crippen LogP contribution >= 0.6 is 0 Å². The van der Waals surface area contributed by atoms with Crippen LogP contribution in [0.1, 0.15) is 70.8 Å². The van der Waals surface area contributed by atoms with Crippen molar-refractivity contribution in [2.45, 2.75) is 34.6 Å². The van der Waals surface area contributed by atoms with Crippen LogP contribution in [0.3, 0.4) is 0 Å². The number of methoxy groups -OCH3 is 1. The molecule has 4 amide bonds. The highest BCUT2D eigenvalue weighted by atomic mass is 19.1. The molecule has 12 heterocycles. The highest BCUT2D eigenvalue weighted by Crippen LogP contribution is 2.28. The van der Waals surface area contributed by atoms with Crippen molar-refractivity contribution < 1.29 is 28.3 Å². The minimum absolute atomic E-state index is 0.129. The molecule has 108 heavy (non-hydrogen) atoms. The summed E-state index contributed by atoms with van der Waals surface area (Å²) in [6.07, 6.45) is 6.64. The molecule has 16 rings (SSSR count). The zero-order valence-electron chi connectivity index (χ0n) is 59.9. The summed E-state index contributed by atoms with van der Waals surface area (Å²) >= 11 is 0. The summed E-state index contributed by atoms with van der Waals surface area (Å²) in [5.74, 6) is 3.43. The van der Waals surface area contributed by atoms with Gasteiger partial charge >= 0.3 is 0 Å². The third-order valence-electron chi connectivity index (χ3n) is 16.8. The average molecular weight is 1440 g/mol. The third kappa shape index (κ3) is 16.4. The lowest BCUT2D eigenvalue weighted by molar-refractivity contribution is 0.101. The van der Waals surface area contributed by atoms with Crippen LogP contribution in [0.2, 0.25) is 0 Å². The van der Waals surface area contributed by atoms with Crippen molar-refractivity contribution in [3.63, 3.8) is 0 Å². The van der Waals surface area contributed by atoms with E-state index in [4.69, 9.17) is 4.74 Å². The van der Waals surface area contributed by atoms with E-state index in [1.165, 1.54) is 12.1 Å². The number of para-hydroxylation sites is 1. The lowest BCUT2D eigenvalue weighted by atomic mass is 10.2. The Labute approximate surface area is 615 Å². The van der Waals surface area contributed by atoms with Crippen molar-refractivity contribution >= 4 is 91.0 Å². The number of ether oxygens (including phenoxy) is 1. The first-order chi connectivity index (χ1) is 52.2. The molecule has 0 bridgehead atoms. The highest BCUT2D eigenvalue weighted by molar-refractivity contribution is 6.08. The van der Waals surface area contributed by atoms with E-state index in [1.54, 1.807) is 108 Å². The minimum Gasteiger partial charge on any atom is -0.497 e. The molecular weight excluding hydrogens is 1370 g/mol. The second-order valence-corrected chi connectivity index (χ2v) is 24.4. The fourth-order valence-corrected chi connectivity index (χ4v) is 11.7. The molecule has 0 radical (unpaired) electrons. The van der Waals surface area contributed by atoms with E-state index < -0.39 is 5.91 Å². The fourth-order valence-electron chi connectivity index (χ4n) is 11.7. The normalized spacial score (nSPS) is 10.9. The van der Waals surface area contributed by atoms with Crippen LogP contribution in [-0.2, 0) is 28.2 Å². The molecule has 0 aliphatic carbocycles. The zero-order valence-corrected chi connectivity index (χ0v) is 59.9. The minimum atomic E-state index is -0.397. The van der Waals surface area contributed by atoms with Gasteiger partial charge in [0.05, 0.1) is 7.11 Å². The number of rotatable bonds is 13. The van der Waals surface area contributed by atoms with Crippen molar-refractivity contribution in [1.29, 1.82) is 0 Å². The third-order valence-corrected chi connectivity index (χ3v) is 16.8. The quantitative estimate of drug-likeness (QED) is 0.0833. The highest BCUT2D eigenvalue weighted by Gasteiger charge is 2.22. The van der Waals surface area contributed by atoms with Crippen molar-refractivity contribution in [3.05, 3.63) is 258 Å². The summed E-state index contributed by atoms with van der Waals surface area (Å²) in [6, 6.07) is 52.9.